The lowest BCUT2D eigenvalue weighted by atomic mass is 9.89. The van der Waals surface area contributed by atoms with E-state index < -0.39 is 19.1 Å². The zero-order valence-corrected chi connectivity index (χ0v) is 13.2. The molecule has 0 radical (unpaired) electrons. The molecule has 2 aromatic rings. The topological polar surface area (TPSA) is 45.2 Å². The van der Waals surface area contributed by atoms with Crippen molar-refractivity contribution in [2.45, 2.75) is 25.4 Å². The van der Waals surface area contributed by atoms with Crippen LogP contribution in [-0.4, -0.2) is 23.1 Å². The van der Waals surface area contributed by atoms with Crippen molar-refractivity contribution in [2.24, 2.45) is 0 Å². The standard InChI is InChI=1S/C19H19ClN2O/c20-14-3-4-15-16(11-14)17(23)10-13-2-1-7-22-19(13)18(15)12-5-8-21-9-6-12/h1-4,7,11,17,21,23H,5-6,8-10H2/i8D2,9D2. The Bertz CT molecular complexity index is 927. The van der Waals surface area contributed by atoms with Gasteiger partial charge in [-0.2, -0.15) is 0 Å². The predicted octanol–water partition coefficient (Wildman–Crippen LogP) is 3.51. The number of aliphatic hydroxyl groups is 1. The van der Waals surface area contributed by atoms with Crippen LogP contribution in [0.25, 0.3) is 5.57 Å². The molecule has 1 unspecified atom stereocenters. The number of nitrogens with one attached hydrogen (secondary N) is 1. The Morgan fingerprint density at radius 1 is 1.26 bits per heavy atom. The maximum atomic E-state index is 10.8. The number of hydrogen-bond acceptors (Lipinski definition) is 3. The zero-order chi connectivity index (χ0) is 19.4. The molecule has 1 aliphatic carbocycles. The lowest BCUT2D eigenvalue weighted by molar-refractivity contribution is 0.178. The van der Waals surface area contributed by atoms with Crippen LogP contribution in [0.5, 0.6) is 0 Å². The molecule has 2 heterocycles. The van der Waals surface area contributed by atoms with Gasteiger partial charge in [-0.05, 0) is 60.7 Å². The average Bonchev–Trinajstić information content (AvgIpc) is 2.66. The van der Waals surface area contributed by atoms with Gasteiger partial charge in [0.25, 0.3) is 0 Å². The Morgan fingerprint density at radius 2 is 2.09 bits per heavy atom. The van der Waals surface area contributed by atoms with Crippen molar-refractivity contribution in [1.29, 1.82) is 0 Å². The first-order valence-corrected chi connectivity index (χ1v) is 7.97. The van der Waals surface area contributed by atoms with Gasteiger partial charge >= 0.3 is 0 Å². The summed E-state index contributed by atoms with van der Waals surface area (Å²) in [4.78, 5) is 4.52. The molecule has 2 aliphatic rings. The Balaban J connectivity index is 2.03. The second kappa shape index (κ2) is 6.08. The van der Waals surface area contributed by atoms with E-state index >= 15 is 0 Å². The fourth-order valence-electron chi connectivity index (χ4n) is 3.27. The minimum atomic E-state index is -1.88. The fourth-order valence-corrected chi connectivity index (χ4v) is 3.45. The first-order chi connectivity index (χ1) is 12.7. The third kappa shape index (κ3) is 2.69. The number of nitrogens with zero attached hydrogens (tertiary/aromatic N) is 1. The number of aliphatic hydroxyl groups excluding tert-OH is 1. The van der Waals surface area contributed by atoms with E-state index in [0.29, 0.717) is 33.8 Å². The van der Waals surface area contributed by atoms with E-state index in [4.69, 9.17) is 17.1 Å². The summed E-state index contributed by atoms with van der Waals surface area (Å²) < 4.78 is 32.5. The molecule has 4 rings (SSSR count). The Kier molecular flexibility index (Phi) is 2.90. The molecule has 1 saturated heterocycles. The summed E-state index contributed by atoms with van der Waals surface area (Å²) in [5, 5.41) is 13.7. The van der Waals surface area contributed by atoms with E-state index in [-0.39, 0.29) is 12.8 Å². The maximum absolute atomic E-state index is 10.8. The van der Waals surface area contributed by atoms with Gasteiger partial charge in [0.05, 0.1) is 11.8 Å². The third-order valence-electron chi connectivity index (χ3n) is 4.32. The van der Waals surface area contributed by atoms with Crippen molar-refractivity contribution in [3.05, 3.63) is 69.5 Å². The highest BCUT2D eigenvalue weighted by molar-refractivity contribution is 6.30. The van der Waals surface area contributed by atoms with E-state index in [1.807, 2.05) is 6.07 Å². The van der Waals surface area contributed by atoms with Crippen molar-refractivity contribution in [3.63, 3.8) is 0 Å². The molecular weight excluding hydrogens is 308 g/mol. The van der Waals surface area contributed by atoms with Gasteiger partial charge < -0.3 is 10.4 Å². The highest BCUT2D eigenvalue weighted by Gasteiger charge is 2.27. The quantitative estimate of drug-likeness (QED) is 0.777. The molecule has 1 atom stereocenters. The highest BCUT2D eigenvalue weighted by Crippen LogP contribution is 2.40. The average molecular weight is 331 g/mol. The van der Waals surface area contributed by atoms with Crippen LogP contribution >= 0.6 is 11.6 Å². The molecule has 0 amide bonds. The van der Waals surface area contributed by atoms with Gasteiger partial charge in [-0.3, -0.25) is 4.98 Å². The third-order valence-corrected chi connectivity index (χ3v) is 4.55. The second-order valence-electron chi connectivity index (χ2n) is 5.77. The van der Waals surface area contributed by atoms with E-state index in [0.717, 1.165) is 11.1 Å². The van der Waals surface area contributed by atoms with E-state index in [2.05, 4.69) is 10.3 Å². The van der Waals surface area contributed by atoms with Gasteiger partial charge in [-0.15, -0.1) is 0 Å². The van der Waals surface area contributed by atoms with Gasteiger partial charge in [0.1, 0.15) is 0 Å². The summed E-state index contributed by atoms with van der Waals surface area (Å²) in [6, 6.07) is 8.95. The van der Waals surface area contributed by atoms with Crippen molar-refractivity contribution >= 4 is 17.2 Å². The summed E-state index contributed by atoms with van der Waals surface area (Å²) in [7, 11) is 0. The monoisotopic (exact) mass is 330 g/mol. The molecule has 23 heavy (non-hydrogen) atoms. The van der Waals surface area contributed by atoms with Crippen LogP contribution in [0.1, 0.15) is 46.8 Å². The van der Waals surface area contributed by atoms with Gasteiger partial charge in [-0.1, -0.05) is 29.3 Å². The number of pyridine rings is 1. The molecule has 0 bridgehead atoms. The van der Waals surface area contributed by atoms with E-state index in [9.17, 15) is 5.11 Å². The summed E-state index contributed by atoms with van der Waals surface area (Å²) in [5.74, 6) is 0. The minimum Gasteiger partial charge on any atom is -0.388 e. The summed E-state index contributed by atoms with van der Waals surface area (Å²) in [6.07, 6.45) is 1.34. The molecule has 3 nitrogen and oxygen atoms in total. The largest absolute Gasteiger partial charge is 0.388 e. The Hall–Kier alpha value is -1.68. The first kappa shape index (κ1) is 11.0. The van der Waals surface area contributed by atoms with Gasteiger partial charge in [0, 0.05) is 28.7 Å². The van der Waals surface area contributed by atoms with Crippen molar-refractivity contribution in [2.75, 3.05) is 13.0 Å². The smallest absolute Gasteiger partial charge is 0.0837 e. The fraction of sp³-hybridized carbons (Fsp3) is 0.316. The molecule has 1 aromatic heterocycles. The second-order valence-corrected chi connectivity index (χ2v) is 6.21. The number of benzene rings is 1. The Labute approximate surface area is 146 Å². The molecule has 0 spiro atoms. The van der Waals surface area contributed by atoms with Crippen molar-refractivity contribution in [1.82, 2.24) is 10.3 Å². The zero-order valence-electron chi connectivity index (χ0n) is 16.4. The van der Waals surface area contributed by atoms with Crippen molar-refractivity contribution < 1.29 is 10.6 Å². The first-order valence-electron chi connectivity index (χ1n) is 9.59. The normalized spacial score (nSPS) is 27.7. The minimum absolute atomic E-state index is 0.0377. The summed E-state index contributed by atoms with van der Waals surface area (Å²) in [6.45, 7) is -3.76. The lowest BCUT2D eigenvalue weighted by Gasteiger charge is -2.22. The number of fused-ring (bicyclic) bond motifs is 2. The molecule has 0 saturated carbocycles. The van der Waals surface area contributed by atoms with Crippen LogP contribution in [0.4, 0.5) is 0 Å². The number of aromatic nitrogens is 1. The van der Waals surface area contributed by atoms with Gasteiger partial charge in [0.2, 0.25) is 0 Å². The van der Waals surface area contributed by atoms with Crippen LogP contribution in [0.2, 0.25) is 5.02 Å². The van der Waals surface area contributed by atoms with Crippen LogP contribution < -0.4 is 5.32 Å². The number of piperidine rings is 1. The predicted molar refractivity (Wildman–Crippen MR) is 92.5 cm³/mol. The van der Waals surface area contributed by atoms with Crippen molar-refractivity contribution in [3.8, 4) is 0 Å². The molecule has 118 valence electrons. The Morgan fingerprint density at radius 3 is 2.91 bits per heavy atom. The summed E-state index contributed by atoms with van der Waals surface area (Å²) >= 11 is 6.16. The number of rotatable bonds is 0. The molecule has 1 aromatic carbocycles. The molecule has 1 fully saturated rings. The summed E-state index contributed by atoms with van der Waals surface area (Å²) in [5.41, 5.74) is 4.24. The van der Waals surface area contributed by atoms with Crippen LogP contribution in [0, 0.1) is 0 Å². The lowest BCUT2D eigenvalue weighted by Crippen LogP contribution is -2.24. The van der Waals surface area contributed by atoms with Gasteiger partial charge in [-0.25, -0.2) is 0 Å². The van der Waals surface area contributed by atoms with E-state index in [1.54, 1.807) is 30.5 Å². The highest BCUT2D eigenvalue weighted by atomic mass is 35.5. The van der Waals surface area contributed by atoms with Crippen LogP contribution in [0.15, 0.2) is 42.1 Å². The van der Waals surface area contributed by atoms with Crippen LogP contribution in [0.3, 0.4) is 0 Å². The molecule has 4 heteroatoms. The molecule has 2 N–H and O–H groups in total. The maximum Gasteiger partial charge on any atom is 0.0837 e. The van der Waals surface area contributed by atoms with Crippen LogP contribution in [-0.2, 0) is 6.42 Å². The molecular formula is C19H19ClN2O. The number of halogens is 1. The van der Waals surface area contributed by atoms with E-state index in [1.165, 1.54) is 0 Å². The SMILES string of the molecule is [2H]C1([2H])CC(=C2c3ccc(Cl)cc3C(O)Cc3cccnc32)CC([2H])([2H])N1. The molecule has 1 aliphatic heterocycles. The number of hydrogen-bond donors (Lipinski definition) is 2. The van der Waals surface area contributed by atoms with Gasteiger partial charge in [0.15, 0.2) is 0 Å².